The average molecular weight is 274 g/mol. The molecule has 108 valence electrons. The van der Waals surface area contributed by atoms with E-state index in [1.807, 2.05) is 24.3 Å². The summed E-state index contributed by atoms with van der Waals surface area (Å²) in [7, 11) is 1.67. The van der Waals surface area contributed by atoms with Gasteiger partial charge in [0.05, 0.1) is 13.2 Å². The van der Waals surface area contributed by atoms with Gasteiger partial charge in [-0.05, 0) is 18.6 Å². The largest absolute Gasteiger partial charge is 0.493 e. The second kappa shape index (κ2) is 7.75. The minimum absolute atomic E-state index is 0.552. The molecule has 0 bridgehead atoms. The van der Waals surface area contributed by atoms with Crippen LogP contribution in [-0.4, -0.2) is 26.9 Å². The van der Waals surface area contributed by atoms with Crippen molar-refractivity contribution in [3.63, 3.8) is 0 Å². The Morgan fingerprint density at radius 1 is 0.800 bits per heavy atom. The van der Waals surface area contributed by atoms with Crippen molar-refractivity contribution >= 4 is 10.8 Å². The molecule has 3 nitrogen and oxygen atoms in total. The van der Waals surface area contributed by atoms with E-state index in [0.717, 1.165) is 41.7 Å². The number of fused-ring (bicyclic) bond motifs is 1. The molecule has 0 N–H and O–H groups in total. The van der Waals surface area contributed by atoms with Gasteiger partial charge in [-0.1, -0.05) is 37.6 Å². The molecule has 20 heavy (non-hydrogen) atoms. The Labute approximate surface area is 120 Å². The maximum Gasteiger partial charge on any atom is 0.127 e. The van der Waals surface area contributed by atoms with Crippen LogP contribution in [0.3, 0.4) is 0 Å². The van der Waals surface area contributed by atoms with Crippen molar-refractivity contribution in [2.75, 3.05) is 26.9 Å². The van der Waals surface area contributed by atoms with Gasteiger partial charge in [-0.2, -0.15) is 0 Å². The average Bonchev–Trinajstić information content (AvgIpc) is 2.48. The fraction of sp³-hybridized carbons (Fsp3) is 0.412. The van der Waals surface area contributed by atoms with Crippen LogP contribution in [0.1, 0.15) is 19.8 Å². The van der Waals surface area contributed by atoms with Gasteiger partial charge in [0.25, 0.3) is 0 Å². The van der Waals surface area contributed by atoms with Crippen LogP contribution < -0.4 is 9.47 Å². The highest BCUT2D eigenvalue weighted by atomic mass is 16.5. The van der Waals surface area contributed by atoms with Crippen molar-refractivity contribution in [1.82, 2.24) is 0 Å². The predicted octanol–water partition coefficient (Wildman–Crippen LogP) is 4.04. The molecule has 0 fully saturated rings. The van der Waals surface area contributed by atoms with Crippen molar-refractivity contribution in [3.8, 4) is 11.5 Å². The molecule has 0 spiro atoms. The van der Waals surface area contributed by atoms with E-state index < -0.39 is 0 Å². The van der Waals surface area contributed by atoms with E-state index in [-0.39, 0.29) is 0 Å². The van der Waals surface area contributed by atoms with Crippen LogP contribution >= 0.6 is 0 Å². The highest BCUT2D eigenvalue weighted by Gasteiger charge is 2.06. The third-order valence-electron chi connectivity index (χ3n) is 3.14. The van der Waals surface area contributed by atoms with Crippen molar-refractivity contribution in [1.29, 1.82) is 0 Å². The summed E-state index contributed by atoms with van der Waals surface area (Å²) in [6.45, 7) is 4.05. The Kier molecular flexibility index (Phi) is 5.69. The lowest BCUT2D eigenvalue weighted by atomic mass is 10.1. The zero-order chi connectivity index (χ0) is 14.2. The predicted molar refractivity (Wildman–Crippen MR) is 81.7 cm³/mol. The molecule has 0 radical (unpaired) electrons. The number of methoxy groups -OCH3 is 1. The number of benzene rings is 2. The molecule has 0 heterocycles. The van der Waals surface area contributed by atoms with E-state index in [0.29, 0.717) is 13.2 Å². The van der Waals surface area contributed by atoms with Gasteiger partial charge in [0.1, 0.15) is 18.1 Å². The monoisotopic (exact) mass is 274 g/mol. The number of rotatable bonds is 8. The van der Waals surface area contributed by atoms with Gasteiger partial charge < -0.3 is 14.2 Å². The first-order valence-electron chi connectivity index (χ1n) is 7.13. The van der Waals surface area contributed by atoms with Crippen molar-refractivity contribution < 1.29 is 14.2 Å². The standard InChI is InChI=1S/C17H22O3/c1-3-4-11-19-16-9-5-8-15-14(16)7-6-10-17(15)20-13-12-18-2/h5-10H,3-4,11-13H2,1-2H3. The molecule has 3 heteroatoms. The topological polar surface area (TPSA) is 27.7 Å². The molecule has 0 unspecified atom stereocenters. The first-order valence-corrected chi connectivity index (χ1v) is 7.13. The van der Waals surface area contributed by atoms with Gasteiger partial charge in [-0.3, -0.25) is 0 Å². The minimum Gasteiger partial charge on any atom is -0.493 e. The van der Waals surface area contributed by atoms with E-state index in [1.54, 1.807) is 7.11 Å². The molecule has 0 aliphatic carbocycles. The Bertz CT molecular complexity index is 487. The first-order chi connectivity index (χ1) is 9.86. The number of hydrogen-bond acceptors (Lipinski definition) is 3. The minimum atomic E-state index is 0.552. The third-order valence-corrected chi connectivity index (χ3v) is 3.14. The van der Waals surface area contributed by atoms with Crippen molar-refractivity contribution in [3.05, 3.63) is 36.4 Å². The van der Waals surface area contributed by atoms with Crippen LogP contribution in [0.5, 0.6) is 11.5 Å². The Hall–Kier alpha value is -1.74. The lowest BCUT2D eigenvalue weighted by Crippen LogP contribution is -2.04. The summed E-state index contributed by atoms with van der Waals surface area (Å²) in [6.07, 6.45) is 2.20. The van der Waals surface area contributed by atoms with E-state index in [4.69, 9.17) is 14.2 Å². The maximum absolute atomic E-state index is 5.86. The van der Waals surface area contributed by atoms with E-state index in [9.17, 15) is 0 Å². The number of hydrogen-bond donors (Lipinski definition) is 0. The maximum atomic E-state index is 5.86. The van der Waals surface area contributed by atoms with Gasteiger partial charge in [-0.25, -0.2) is 0 Å². The number of ether oxygens (including phenoxy) is 3. The van der Waals surface area contributed by atoms with Gasteiger partial charge in [0.2, 0.25) is 0 Å². The first kappa shape index (κ1) is 14.7. The summed E-state index contributed by atoms with van der Waals surface area (Å²) in [4.78, 5) is 0. The van der Waals surface area contributed by atoms with Crippen LogP contribution in [0.15, 0.2) is 36.4 Å². The summed E-state index contributed by atoms with van der Waals surface area (Å²) >= 11 is 0. The van der Waals surface area contributed by atoms with Crippen LogP contribution in [0, 0.1) is 0 Å². The SMILES string of the molecule is CCCCOc1cccc2c(OCCOC)cccc12. The van der Waals surface area contributed by atoms with Gasteiger partial charge in [-0.15, -0.1) is 0 Å². The zero-order valence-corrected chi connectivity index (χ0v) is 12.2. The molecule has 2 aromatic rings. The molecule has 0 aliphatic heterocycles. The molecule has 0 aromatic heterocycles. The fourth-order valence-electron chi connectivity index (χ4n) is 2.07. The van der Waals surface area contributed by atoms with Crippen LogP contribution in [0.2, 0.25) is 0 Å². The van der Waals surface area contributed by atoms with Crippen LogP contribution in [-0.2, 0) is 4.74 Å². The Balaban J connectivity index is 2.21. The van der Waals surface area contributed by atoms with Crippen LogP contribution in [0.25, 0.3) is 10.8 Å². The molecule has 2 aromatic carbocycles. The lowest BCUT2D eigenvalue weighted by Gasteiger charge is -2.12. The van der Waals surface area contributed by atoms with Crippen molar-refractivity contribution in [2.24, 2.45) is 0 Å². The second-order valence-corrected chi connectivity index (χ2v) is 4.65. The Morgan fingerprint density at radius 2 is 1.40 bits per heavy atom. The number of unbranched alkanes of at least 4 members (excludes halogenated alkanes) is 1. The van der Waals surface area contributed by atoms with Gasteiger partial charge in [0.15, 0.2) is 0 Å². The second-order valence-electron chi connectivity index (χ2n) is 4.65. The summed E-state index contributed by atoms with van der Waals surface area (Å²) in [5.41, 5.74) is 0. The van der Waals surface area contributed by atoms with Gasteiger partial charge >= 0.3 is 0 Å². The molecule has 0 atom stereocenters. The molecule has 2 rings (SSSR count). The Morgan fingerprint density at radius 3 is 1.95 bits per heavy atom. The fourth-order valence-corrected chi connectivity index (χ4v) is 2.07. The normalized spacial score (nSPS) is 10.7. The lowest BCUT2D eigenvalue weighted by molar-refractivity contribution is 0.147. The molecule has 0 amide bonds. The highest BCUT2D eigenvalue weighted by molar-refractivity contribution is 5.93. The third kappa shape index (κ3) is 3.64. The zero-order valence-electron chi connectivity index (χ0n) is 12.2. The van der Waals surface area contributed by atoms with E-state index in [1.165, 1.54) is 0 Å². The quantitative estimate of drug-likeness (QED) is 0.680. The van der Waals surface area contributed by atoms with E-state index in [2.05, 4.69) is 19.1 Å². The molecule has 0 saturated heterocycles. The van der Waals surface area contributed by atoms with Crippen LogP contribution in [0.4, 0.5) is 0 Å². The van der Waals surface area contributed by atoms with E-state index >= 15 is 0 Å². The summed E-state index contributed by atoms with van der Waals surface area (Å²) in [5.74, 6) is 1.80. The highest BCUT2D eigenvalue weighted by Crippen LogP contribution is 2.32. The van der Waals surface area contributed by atoms with Crippen molar-refractivity contribution in [2.45, 2.75) is 19.8 Å². The molecular formula is C17H22O3. The molecule has 0 saturated carbocycles. The summed E-state index contributed by atoms with van der Waals surface area (Å²) in [6, 6.07) is 12.1. The molecule has 0 aliphatic rings. The van der Waals surface area contributed by atoms with Gasteiger partial charge in [0, 0.05) is 17.9 Å². The smallest absolute Gasteiger partial charge is 0.127 e. The molecular weight excluding hydrogens is 252 g/mol. The summed E-state index contributed by atoms with van der Waals surface area (Å²) < 4.78 is 16.6. The summed E-state index contributed by atoms with van der Waals surface area (Å²) in [5, 5.41) is 2.18.